The van der Waals surface area contributed by atoms with E-state index in [1.54, 1.807) is 35.8 Å². The van der Waals surface area contributed by atoms with Gasteiger partial charge in [-0.1, -0.05) is 103 Å². The Morgan fingerprint density at radius 3 is 1.42 bits per heavy atom. The van der Waals surface area contributed by atoms with Gasteiger partial charge in [0, 0.05) is 22.7 Å². The van der Waals surface area contributed by atoms with Crippen molar-refractivity contribution in [1.82, 2.24) is 10.3 Å². The predicted molar refractivity (Wildman–Crippen MR) is 183 cm³/mol. The van der Waals surface area contributed by atoms with Crippen molar-refractivity contribution in [3.8, 4) is 0 Å². The van der Waals surface area contributed by atoms with E-state index in [-0.39, 0.29) is 35.6 Å². The van der Waals surface area contributed by atoms with E-state index in [1.807, 2.05) is 91.0 Å². The molecule has 6 rings (SSSR count). The minimum absolute atomic E-state index is 0. The van der Waals surface area contributed by atoms with Crippen molar-refractivity contribution >= 4 is 56.8 Å². The molecule has 6 aromatic rings. The second-order valence-corrected chi connectivity index (χ2v) is 14.1. The first-order valence-corrected chi connectivity index (χ1v) is 16.8. The summed E-state index contributed by atoms with van der Waals surface area (Å²) in [5.74, 6) is -0.828. The van der Waals surface area contributed by atoms with Crippen LogP contribution in [0, 0.1) is 0 Å². The van der Waals surface area contributed by atoms with E-state index in [4.69, 9.17) is 0 Å². The normalized spacial score (nSPS) is 11.5. The summed E-state index contributed by atoms with van der Waals surface area (Å²) < 4.78 is 0. The summed E-state index contributed by atoms with van der Waals surface area (Å²) in [7, 11) is -2.85. The molecule has 0 atom stereocenters. The van der Waals surface area contributed by atoms with Gasteiger partial charge in [0.05, 0.1) is 0 Å². The van der Waals surface area contributed by atoms with Crippen molar-refractivity contribution in [2.24, 2.45) is 0 Å². The van der Waals surface area contributed by atoms with E-state index in [1.165, 1.54) is 11.3 Å². The number of nitrogens with zero attached hydrogens (tertiary/aromatic N) is 1. The van der Waals surface area contributed by atoms with Gasteiger partial charge >= 0.3 is 0 Å². The molecule has 0 saturated heterocycles. The van der Waals surface area contributed by atoms with Gasteiger partial charge in [-0.2, -0.15) is 0 Å². The predicted octanol–water partition coefficient (Wildman–Crippen LogP) is 3.88. The average molecular weight is 738 g/mol. The second kappa shape index (κ2) is 15.0. The standard InChI is InChI=1S/C37H28N3O2PS.HI/c41-35(29-18-8-2-9-19-29)39-33(36(42)40-37-38-26-27-44-37)34(28-16-6-1-7-17-28)43(30-20-10-3-11-21-30,31-22-12-4-13-23-31)32-24-14-5-15-25-32;/h1-27H,(H-,38,39,40,41,42);1H/b34-33+;. The van der Waals surface area contributed by atoms with Crippen LogP contribution in [0.25, 0.3) is 5.31 Å². The van der Waals surface area contributed by atoms with E-state index in [2.05, 4.69) is 52.0 Å². The summed E-state index contributed by atoms with van der Waals surface area (Å²) in [6.45, 7) is 0. The van der Waals surface area contributed by atoms with Crippen molar-refractivity contribution < 1.29 is 33.6 Å². The molecular formula is C37H29IN3O2PS. The third-order valence-electron chi connectivity index (χ3n) is 7.20. The summed E-state index contributed by atoms with van der Waals surface area (Å²) in [5, 5.41) is 12.2. The van der Waals surface area contributed by atoms with E-state index in [9.17, 15) is 9.59 Å². The minimum Gasteiger partial charge on any atom is -1.00 e. The third kappa shape index (κ3) is 6.81. The van der Waals surface area contributed by atoms with Crippen molar-refractivity contribution in [3.05, 3.63) is 180 Å². The number of amides is 2. The van der Waals surface area contributed by atoms with Gasteiger partial charge in [-0.15, -0.1) is 11.3 Å². The average Bonchev–Trinajstić information content (AvgIpc) is 3.61. The molecule has 0 aliphatic heterocycles. The number of carbonyl (C=O) groups is 2. The number of thiazole rings is 1. The maximum Gasteiger partial charge on any atom is 0.278 e. The fourth-order valence-electron chi connectivity index (χ4n) is 5.33. The molecule has 0 bridgehead atoms. The lowest BCUT2D eigenvalue weighted by molar-refractivity contribution is -0.113. The van der Waals surface area contributed by atoms with Crippen molar-refractivity contribution in [1.29, 1.82) is 0 Å². The number of nitrogens with one attached hydrogen (secondary N) is 2. The fraction of sp³-hybridized carbons (Fsp3) is 0. The van der Waals surface area contributed by atoms with Crippen LogP contribution in [0.15, 0.2) is 169 Å². The van der Waals surface area contributed by atoms with Crippen LogP contribution in [-0.4, -0.2) is 16.8 Å². The fourth-order valence-corrected chi connectivity index (χ4v) is 10.4. The molecule has 5 nitrogen and oxygen atoms in total. The van der Waals surface area contributed by atoms with E-state index < -0.39 is 13.2 Å². The maximum atomic E-state index is 14.5. The molecule has 0 saturated carbocycles. The summed E-state index contributed by atoms with van der Waals surface area (Å²) in [5.41, 5.74) is 1.45. The van der Waals surface area contributed by atoms with Crippen LogP contribution in [-0.2, 0) is 4.79 Å². The number of hydrogen-bond acceptors (Lipinski definition) is 4. The van der Waals surface area contributed by atoms with Crippen LogP contribution in [0.5, 0.6) is 0 Å². The lowest BCUT2D eigenvalue weighted by Crippen LogP contribution is -3.00. The zero-order chi connectivity index (χ0) is 30.2. The molecule has 0 unspecified atom stereocenters. The number of rotatable bonds is 9. The molecule has 0 aliphatic rings. The zero-order valence-corrected chi connectivity index (χ0v) is 28.0. The first kappa shape index (κ1) is 32.0. The van der Waals surface area contributed by atoms with Gasteiger partial charge in [0.25, 0.3) is 11.8 Å². The van der Waals surface area contributed by atoms with Crippen LogP contribution >= 0.6 is 18.6 Å². The molecule has 0 spiro atoms. The lowest BCUT2D eigenvalue weighted by atomic mass is 10.1. The van der Waals surface area contributed by atoms with Crippen LogP contribution in [0.2, 0.25) is 0 Å². The molecule has 1 heterocycles. The Bertz CT molecular complexity index is 1780. The van der Waals surface area contributed by atoms with Gasteiger partial charge < -0.3 is 29.3 Å². The zero-order valence-electron chi connectivity index (χ0n) is 24.1. The van der Waals surface area contributed by atoms with Gasteiger partial charge in [-0.3, -0.25) is 14.9 Å². The Balaban J connectivity index is 0.00000400. The third-order valence-corrected chi connectivity index (χ3v) is 12.3. The molecule has 1 aromatic heterocycles. The number of carbonyl (C=O) groups excluding carboxylic acids is 2. The number of benzene rings is 5. The molecule has 45 heavy (non-hydrogen) atoms. The Kier molecular flexibility index (Phi) is 10.7. The van der Waals surface area contributed by atoms with E-state index in [0.717, 1.165) is 26.8 Å². The number of aromatic nitrogens is 1. The summed E-state index contributed by atoms with van der Waals surface area (Å²) >= 11 is 1.32. The van der Waals surface area contributed by atoms with Crippen molar-refractivity contribution in [2.45, 2.75) is 0 Å². The highest BCUT2D eigenvalue weighted by Crippen LogP contribution is 2.67. The second-order valence-electron chi connectivity index (χ2n) is 9.88. The van der Waals surface area contributed by atoms with Crippen molar-refractivity contribution in [3.63, 3.8) is 0 Å². The molecule has 2 amide bonds. The Morgan fingerprint density at radius 2 is 1.00 bits per heavy atom. The van der Waals surface area contributed by atoms with Gasteiger partial charge in [0.2, 0.25) is 0 Å². The minimum atomic E-state index is -2.85. The molecule has 0 aliphatic carbocycles. The quantitative estimate of drug-likeness (QED) is 0.135. The number of hydrogen-bond donors (Lipinski definition) is 2. The van der Waals surface area contributed by atoms with Crippen LogP contribution in [0.1, 0.15) is 15.9 Å². The van der Waals surface area contributed by atoms with Crippen molar-refractivity contribution in [2.75, 3.05) is 5.32 Å². The Labute approximate surface area is 284 Å². The Morgan fingerprint density at radius 1 is 0.578 bits per heavy atom. The molecule has 5 aromatic carbocycles. The first-order chi connectivity index (χ1) is 21.7. The van der Waals surface area contributed by atoms with Gasteiger partial charge in [-0.25, -0.2) is 4.98 Å². The summed E-state index contributed by atoms with van der Waals surface area (Å²) in [6, 6.07) is 49.7. The first-order valence-electron chi connectivity index (χ1n) is 14.1. The highest BCUT2D eigenvalue weighted by molar-refractivity contribution is 8.03. The number of halogens is 1. The molecule has 0 radical (unpaired) electrons. The molecule has 222 valence electrons. The highest BCUT2D eigenvalue weighted by atomic mass is 127. The summed E-state index contributed by atoms with van der Waals surface area (Å²) in [6.07, 6.45) is 1.64. The van der Waals surface area contributed by atoms with Gasteiger partial charge in [0.1, 0.15) is 28.5 Å². The van der Waals surface area contributed by atoms with Crippen LogP contribution in [0.3, 0.4) is 0 Å². The number of anilines is 1. The van der Waals surface area contributed by atoms with E-state index in [0.29, 0.717) is 10.7 Å². The monoisotopic (exact) mass is 737 g/mol. The molecule has 0 fully saturated rings. The molecule has 8 heteroatoms. The van der Waals surface area contributed by atoms with Gasteiger partial charge in [-0.05, 0) is 48.5 Å². The topological polar surface area (TPSA) is 71.1 Å². The molecular weight excluding hydrogens is 708 g/mol. The Hall–Kier alpha value is -4.43. The van der Waals surface area contributed by atoms with Gasteiger partial charge in [0.15, 0.2) is 10.8 Å². The largest absolute Gasteiger partial charge is 1.00 e. The van der Waals surface area contributed by atoms with Crippen LogP contribution in [0.4, 0.5) is 5.13 Å². The molecule has 2 N–H and O–H groups in total. The van der Waals surface area contributed by atoms with Crippen LogP contribution < -0.4 is 50.5 Å². The summed E-state index contributed by atoms with van der Waals surface area (Å²) in [4.78, 5) is 32.7. The SMILES string of the molecule is O=C(Nc1nccs1)/C(NC(=O)c1ccccc1)=C(/c1ccccc1)[P+](c1ccccc1)(c1ccccc1)c1ccccc1.[I-]. The highest BCUT2D eigenvalue weighted by Gasteiger charge is 2.52. The maximum absolute atomic E-state index is 14.5. The lowest BCUT2D eigenvalue weighted by Gasteiger charge is -2.31. The smallest absolute Gasteiger partial charge is 0.278 e. The van der Waals surface area contributed by atoms with E-state index >= 15 is 0 Å².